The minimum Gasteiger partial charge on any atom is -0.396 e. The molecule has 2 atom stereocenters. The minimum atomic E-state index is -0.362. The van der Waals surface area contributed by atoms with Gasteiger partial charge in [0.1, 0.15) is 5.54 Å². The van der Waals surface area contributed by atoms with Crippen LogP contribution in [0.1, 0.15) is 46.5 Å². The van der Waals surface area contributed by atoms with E-state index in [0.717, 1.165) is 43.7 Å². The fourth-order valence-corrected chi connectivity index (χ4v) is 2.69. The molecule has 0 saturated heterocycles. The summed E-state index contributed by atoms with van der Waals surface area (Å²) < 4.78 is 0. The maximum Gasteiger partial charge on any atom is 0.103 e. The van der Waals surface area contributed by atoms with Crippen LogP contribution in [-0.2, 0) is 0 Å². The molecular formula is C14H28N2OS. The first-order chi connectivity index (χ1) is 8.58. The van der Waals surface area contributed by atoms with Gasteiger partial charge in [-0.05, 0) is 56.6 Å². The van der Waals surface area contributed by atoms with Crippen molar-refractivity contribution in [1.82, 2.24) is 5.32 Å². The molecule has 0 aliphatic carbocycles. The Kier molecular flexibility index (Phi) is 10.5. The summed E-state index contributed by atoms with van der Waals surface area (Å²) in [4.78, 5) is 0. The molecule has 0 heterocycles. The Morgan fingerprint density at radius 1 is 1.44 bits per heavy atom. The molecule has 0 saturated carbocycles. The number of nitrogens with zero attached hydrogens (tertiary/aromatic N) is 1. The van der Waals surface area contributed by atoms with E-state index in [9.17, 15) is 5.26 Å². The molecule has 0 bridgehead atoms. The first-order valence-corrected chi connectivity index (χ1v) is 8.08. The van der Waals surface area contributed by atoms with Gasteiger partial charge < -0.3 is 5.11 Å². The van der Waals surface area contributed by atoms with Crippen molar-refractivity contribution in [3.05, 3.63) is 0 Å². The van der Waals surface area contributed by atoms with E-state index in [-0.39, 0.29) is 12.1 Å². The zero-order valence-electron chi connectivity index (χ0n) is 12.0. The second kappa shape index (κ2) is 10.7. The molecular weight excluding hydrogens is 244 g/mol. The minimum absolute atomic E-state index is 0.278. The van der Waals surface area contributed by atoms with Crippen LogP contribution in [-0.4, -0.2) is 35.3 Å². The van der Waals surface area contributed by atoms with E-state index in [1.54, 1.807) is 0 Å². The second-order valence-electron chi connectivity index (χ2n) is 5.19. The Labute approximate surface area is 116 Å². The smallest absolute Gasteiger partial charge is 0.103 e. The van der Waals surface area contributed by atoms with Gasteiger partial charge in [-0.25, -0.2) is 0 Å². The summed E-state index contributed by atoms with van der Waals surface area (Å²) in [6.45, 7) is 7.36. The molecule has 106 valence electrons. The molecule has 0 amide bonds. The van der Waals surface area contributed by atoms with Gasteiger partial charge in [0.2, 0.25) is 0 Å². The standard InChI is InChI=1S/C14H28N2OS/c1-4-8-16-14(3,12-15)7-5-6-9-18-11-13(2)10-17/h13,16-17H,4-11H2,1-3H3. The SMILES string of the molecule is CCCNC(C)(C#N)CCCCSCC(C)CO. The molecule has 18 heavy (non-hydrogen) atoms. The van der Waals surface area contributed by atoms with Crippen LogP contribution in [0.4, 0.5) is 0 Å². The third-order valence-corrected chi connectivity index (χ3v) is 4.32. The zero-order valence-corrected chi connectivity index (χ0v) is 12.9. The van der Waals surface area contributed by atoms with Crippen LogP contribution < -0.4 is 5.32 Å². The largest absolute Gasteiger partial charge is 0.396 e. The normalized spacial score (nSPS) is 15.9. The topological polar surface area (TPSA) is 56.0 Å². The van der Waals surface area contributed by atoms with Crippen LogP contribution in [0, 0.1) is 17.2 Å². The van der Waals surface area contributed by atoms with Gasteiger partial charge in [0.25, 0.3) is 0 Å². The van der Waals surface area contributed by atoms with Gasteiger partial charge in [0.05, 0.1) is 6.07 Å². The van der Waals surface area contributed by atoms with Gasteiger partial charge in [-0.1, -0.05) is 13.8 Å². The van der Waals surface area contributed by atoms with Crippen molar-refractivity contribution in [3.63, 3.8) is 0 Å². The number of aliphatic hydroxyl groups is 1. The number of thioether (sulfide) groups is 1. The van der Waals surface area contributed by atoms with Crippen LogP contribution in [0.3, 0.4) is 0 Å². The Bertz CT molecular complexity index is 242. The fourth-order valence-electron chi connectivity index (χ4n) is 1.60. The lowest BCUT2D eigenvalue weighted by Crippen LogP contribution is -2.41. The first kappa shape index (κ1) is 17.8. The van der Waals surface area contributed by atoms with Gasteiger partial charge in [0.15, 0.2) is 0 Å². The number of nitriles is 1. The fraction of sp³-hybridized carbons (Fsp3) is 0.929. The number of aliphatic hydroxyl groups excluding tert-OH is 1. The molecule has 4 heteroatoms. The van der Waals surface area contributed by atoms with Crippen LogP contribution in [0.25, 0.3) is 0 Å². The van der Waals surface area contributed by atoms with E-state index in [2.05, 4.69) is 25.2 Å². The quantitative estimate of drug-likeness (QED) is 0.568. The van der Waals surface area contributed by atoms with E-state index in [1.165, 1.54) is 0 Å². The molecule has 2 N–H and O–H groups in total. The van der Waals surface area contributed by atoms with Crippen LogP contribution in [0.15, 0.2) is 0 Å². The van der Waals surface area contributed by atoms with Gasteiger partial charge in [-0.2, -0.15) is 17.0 Å². The number of unbranched alkanes of at least 4 members (excludes halogenated alkanes) is 1. The molecule has 0 aliphatic heterocycles. The van der Waals surface area contributed by atoms with E-state index >= 15 is 0 Å². The summed E-state index contributed by atoms with van der Waals surface area (Å²) in [6, 6.07) is 2.38. The average molecular weight is 272 g/mol. The number of nitrogens with one attached hydrogen (secondary N) is 1. The highest BCUT2D eigenvalue weighted by atomic mass is 32.2. The molecule has 0 radical (unpaired) electrons. The van der Waals surface area contributed by atoms with Crippen molar-refractivity contribution in [2.75, 3.05) is 24.7 Å². The summed E-state index contributed by atoms with van der Waals surface area (Å²) in [6.07, 6.45) is 4.21. The Hall–Kier alpha value is -0.240. The summed E-state index contributed by atoms with van der Waals surface area (Å²) in [5.41, 5.74) is -0.362. The van der Waals surface area contributed by atoms with E-state index in [0.29, 0.717) is 5.92 Å². The second-order valence-corrected chi connectivity index (χ2v) is 6.34. The third kappa shape index (κ3) is 8.79. The van der Waals surface area contributed by atoms with Crippen molar-refractivity contribution in [2.24, 2.45) is 5.92 Å². The van der Waals surface area contributed by atoms with Crippen molar-refractivity contribution in [2.45, 2.75) is 52.0 Å². The highest BCUT2D eigenvalue weighted by Crippen LogP contribution is 2.16. The Morgan fingerprint density at radius 3 is 2.72 bits per heavy atom. The van der Waals surface area contributed by atoms with Crippen LogP contribution >= 0.6 is 11.8 Å². The van der Waals surface area contributed by atoms with Crippen LogP contribution in [0.5, 0.6) is 0 Å². The lowest BCUT2D eigenvalue weighted by atomic mass is 9.96. The van der Waals surface area contributed by atoms with Crippen molar-refractivity contribution in [1.29, 1.82) is 5.26 Å². The lowest BCUT2D eigenvalue weighted by molar-refractivity contribution is 0.250. The predicted molar refractivity (Wildman–Crippen MR) is 79.7 cm³/mol. The molecule has 0 aliphatic rings. The summed E-state index contributed by atoms with van der Waals surface area (Å²) in [5, 5.41) is 21.4. The van der Waals surface area contributed by atoms with Crippen molar-refractivity contribution < 1.29 is 5.11 Å². The Balaban J connectivity index is 3.60. The summed E-state index contributed by atoms with van der Waals surface area (Å²) in [5.74, 6) is 2.55. The zero-order chi connectivity index (χ0) is 13.9. The monoisotopic (exact) mass is 272 g/mol. The van der Waals surface area contributed by atoms with Gasteiger partial charge >= 0.3 is 0 Å². The molecule has 0 aromatic rings. The maximum absolute atomic E-state index is 9.17. The molecule has 0 fully saturated rings. The summed E-state index contributed by atoms with van der Waals surface area (Å²) >= 11 is 1.90. The van der Waals surface area contributed by atoms with Crippen molar-refractivity contribution in [3.8, 4) is 6.07 Å². The lowest BCUT2D eigenvalue weighted by Gasteiger charge is -2.22. The van der Waals surface area contributed by atoms with E-state index in [4.69, 9.17) is 5.11 Å². The number of hydrogen-bond acceptors (Lipinski definition) is 4. The number of hydrogen-bond donors (Lipinski definition) is 2. The highest BCUT2D eigenvalue weighted by Gasteiger charge is 2.21. The van der Waals surface area contributed by atoms with E-state index in [1.807, 2.05) is 18.7 Å². The van der Waals surface area contributed by atoms with Gasteiger partial charge in [-0.15, -0.1) is 0 Å². The molecule has 0 spiro atoms. The molecule has 3 nitrogen and oxygen atoms in total. The van der Waals surface area contributed by atoms with Gasteiger partial charge in [-0.3, -0.25) is 5.32 Å². The summed E-state index contributed by atoms with van der Waals surface area (Å²) in [7, 11) is 0. The predicted octanol–water partition coefficient (Wildman–Crippen LogP) is 2.80. The Morgan fingerprint density at radius 2 is 2.17 bits per heavy atom. The molecule has 0 aromatic carbocycles. The molecule has 0 aromatic heterocycles. The molecule has 2 unspecified atom stereocenters. The average Bonchev–Trinajstić information content (AvgIpc) is 2.40. The first-order valence-electron chi connectivity index (χ1n) is 6.93. The van der Waals surface area contributed by atoms with Gasteiger partial charge in [0, 0.05) is 6.61 Å². The molecule has 0 rings (SSSR count). The van der Waals surface area contributed by atoms with Crippen LogP contribution in [0.2, 0.25) is 0 Å². The third-order valence-electron chi connectivity index (χ3n) is 2.94. The maximum atomic E-state index is 9.17. The highest BCUT2D eigenvalue weighted by molar-refractivity contribution is 7.99. The van der Waals surface area contributed by atoms with Crippen molar-refractivity contribution >= 4 is 11.8 Å². The van der Waals surface area contributed by atoms with E-state index < -0.39 is 0 Å². The number of rotatable bonds is 11.